The predicted molar refractivity (Wildman–Crippen MR) is 70.6 cm³/mol. The molecule has 0 aliphatic rings. The van der Waals surface area contributed by atoms with Crippen molar-refractivity contribution >= 4 is 10.8 Å². The Bertz CT molecular complexity index is 535. The van der Waals surface area contributed by atoms with E-state index in [1.807, 2.05) is 0 Å². The van der Waals surface area contributed by atoms with Gasteiger partial charge < -0.3 is 5.32 Å². The van der Waals surface area contributed by atoms with E-state index in [1.54, 1.807) is 0 Å². The molecule has 2 heteroatoms. The first-order valence-corrected chi connectivity index (χ1v) is 5.91. The van der Waals surface area contributed by atoms with Crippen LogP contribution in [-0.2, 0) is 0 Å². The van der Waals surface area contributed by atoms with Gasteiger partial charge in [0.2, 0.25) is 0 Å². The number of nitriles is 1. The van der Waals surface area contributed by atoms with Gasteiger partial charge in [-0.2, -0.15) is 5.26 Å². The van der Waals surface area contributed by atoms with Crippen molar-refractivity contribution < 1.29 is 0 Å². The molecule has 0 spiro atoms. The number of benzene rings is 2. The molecule has 1 N–H and O–H groups in total. The minimum atomic E-state index is 0.273. The zero-order chi connectivity index (χ0) is 12.1. The molecule has 0 saturated heterocycles. The molecule has 0 radical (unpaired) electrons. The molecule has 1 atom stereocenters. The van der Waals surface area contributed by atoms with Crippen molar-refractivity contribution in [2.75, 3.05) is 6.54 Å². The van der Waals surface area contributed by atoms with Gasteiger partial charge in [0.15, 0.2) is 0 Å². The van der Waals surface area contributed by atoms with Crippen LogP contribution in [0.3, 0.4) is 0 Å². The van der Waals surface area contributed by atoms with Gasteiger partial charge in [0.1, 0.15) is 0 Å². The smallest absolute Gasteiger partial charge is 0.0635 e. The SMILES string of the molecule is CC(NCCC#N)c1cccc2ccccc12. The standard InChI is InChI=1S/C15H16N2/c1-12(17-11-5-10-16)14-9-4-7-13-6-2-3-8-15(13)14/h2-4,6-9,12,17H,5,11H2,1H3. The Morgan fingerprint density at radius 3 is 2.76 bits per heavy atom. The highest BCUT2D eigenvalue weighted by atomic mass is 14.9. The Morgan fingerprint density at radius 1 is 1.18 bits per heavy atom. The van der Waals surface area contributed by atoms with E-state index in [0.29, 0.717) is 6.42 Å². The van der Waals surface area contributed by atoms with Gasteiger partial charge in [0, 0.05) is 19.0 Å². The van der Waals surface area contributed by atoms with E-state index in [-0.39, 0.29) is 6.04 Å². The minimum absolute atomic E-state index is 0.273. The second kappa shape index (κ2) is 5.47. The van der Waals surface area contributed by atoms with Crippen LogP contribution in [0.25, 0.3) is 10.8 Å². The first-order valence-electron chi connectivity index (χ1n) is 5.91. The Morgan fingerprint density at radius 2 is 1.94 bits per heavy atom. The van der Waals surface area contributed by atoms with E-state index in [9.17, 15) is 0 Å². The second-order valence-corrected chi connectivity index (χ2v) is 4.15. The fourth-order valence-corrected chi connectivity index (χ4v) is 2.08. The van der Waals surface area contributed by atoms with Crippen molar-refractivity contribution in [3.8, 4) is 6.07 Å². The highest BCUT2D eigenvalue weighted by Gasteiger charge is 2.07. The fraction of sp³-hybridized carbons (Fsp3) is 0.267. The number of rotatable bonds is 4. The Balaban J connectivity index is 2.26. The van der Waals surface area contributed by atoms with Crippen LogP contribution in [0.4, 0.5) is 0 Å². The molecule has 0 aliphatic carbocycles. The van der Waals surface area contributed by atoms with Gasteiger partial charge >= 0.3 is 0 Å². The van der Waals surface area contributed by atoms with Gasteiger partial charge in [-0.15, -0.1) is 0 Å². The Hall–Kier alpha value is -1.85. The largest absolute Gasteiger partial charge is 0.309 e. The van der Waals surface area contributed by atoms with Crippen LogP contribution >= 0.6 is 0 Å². The lowest BCUT2D eigenvalue weighted by molar-refractivity contribution is 0.586. The van der Waals surface area contributed by atoms with Crippen LogP contribution in [0, 0.1) is 11.3 Å². The maximum absolute atomic E-state index is 8.53. The van der Waals surface area contributed by atoms with Crippen molar-refractivity contribution in [1.82, 2.24) is 5.32 Å². The first-order chi connectivity index (χ1) is 8.33. The minimum Gasteiger partial charge on any atom is -0.309 e. The van der Waals surface area contributed by atoms with Gasteiger partial charge in [-0.25, -0.2) is 0 Å². The van der Waals surface area contributed by atoms with Crippen LogP contribution in [-0.4, -0.2) is 6.54 Å². The lowest BCUT2D eigenvalue weighted by Crippen LogP contribution is -2.19. The average molecular weight is 224 g/mol. The lowest BCUT2D eigenvalue weighted by atomic mass is 10.00. The summed E-state index contributed by atoms with van der Waals surface area (Å²) in [6.45, 7) is 2.88. The van der Waals surface area contributed by atoms with Gasteiger partial charge in [0.25, 0.3) is 0 Å². The molecule has 2 aromatic rings. The van der Waals surface area contributed by atoms with Crippen LogP contribution < -0.4 is 5.32 Å². The molecule has 17 heavy (non-hydrogen) atoms. The van der Waals surface area contributed by atoms with Crippen LogP contribution in [0.1, 0.15) is 24.9 Å². The highest BCUT2D eigenvalue weighted by molar-refractivity contribution is 5.86. The van der Waals surface area contributed by atoms with Crippen molar-refractivity contribution in [1.29, 1.82) is 5.26 Å². The van der Waals surface area contributed by atoms with E-state index in [4.69, 9.17) is 5.26 Å². The summed E-state index contributed by atoms with van der Waals surface area (Å²) in [5, 5.41) is 14.4. The number of nitrogens with one attached hydrogen (secondary N) is 1. The number of hydrogen-bond acceptors (Lipinski definition) is 2. The summed E-state index contributed by atoms with van der Waals surface area (Å²) in [6, 6.07) is 17.2. The van der Waals surface area contributed by atoms with Crippen molar-refractivity contribution in [3.63, 3.8) is 0 Å². The van der Waals surface area contributed by atoms with Crippen LogP contribution in [0.15, 0.2) is 42.5 Å². The molecular formula is C15H16N2. The normalized spacial score (nSPS) is 12.2. The Labute approximate surface area is 102 Å². The maximum atomic E-state index is 8.53. The molecule has 0 aliphatic heterocycles. The van der Waals surface area contributed by atoms with E-state index in [1.165, 1.54) is 16.3 Å². The van der Waals surface area contributed by atoms with E-state index in [2.05, 4.69) is 60.8 Å². The summed E-state index contributed by atoms with van der Waals surface area (Å²) in [5.41, 5.74) is 1.29. The lowest BCUT2D eigenvalue weighted by Gasteiger charge is -2.15. The third-order valence-corrected chi connectivity index (χ3v) is 2.98. The summed E-state index contributed by atoms with van der Waals surface area (Å²) in [7, 11) is 0. The monoisotopic (exact) mass is 224 g/mol. The fourth-order valence-electron chi connectivity index (χ4n) is 2.08. The van der Waals surface area contributed by atoms with E-state index < -0.39 is 0 Å². The third-order valence-electron chi connectivity index (χ3n) is 2.98. The molecular weight excluding hydrogens is 208 g/mol. The van der Waals surface area contributed by atoms with Gasteiger partial charge in [-0.3, -0.25) is 0 Å². The molecule has 86 valence electrons. The molecule has 0 amide bonds. The summed E-state index contributed by atoms with van der Waals surface area (Å²) >= 11 is 0. The van der Waals surface area contributed by atoms with E-state index >= 15 is 0 Å². The predicted octanol–water partition coefficient (Wildman–Crippen LogP) is 3.40. The summed E-state index contributed by atoms with van der Waals surface area (Å²) in [5.74, 6) is 0. The molecule has 2 aromatic carbocycles. The molecule has 0 bridgehead atoms. The van der Waals surface area contributed by atoms with Crippen molar-refractivity contribution in [2.24, 2.45) is 0 Å². The van der Waals surface area contributed by atoms with Crippen molar-refractivity contribution in [2.45, 2.75) is 19.4 Å². The molecule has 2 nitrogen and oxygen atoms in total. The molecule has 0 saturated carbocycles. The maximum Gasteiger partial charge on any atom is 0.0635 e. The third kappa shape index (κ3) is 2.64. The molecule has 0 fully saturated rings. The topological polar surface area (TPSA) is 35.8 Å². The van der Waals surface area contributed by atoms with E-state index in [0.717, 1.165) is 6.54 Å². The van der Waals surface area contributed by atoms with Gasteiger partial charge in [0.05, 0.1) is 6.07 Å². The summed E-state index contributed by atoms with van der Waals surface area (Å²) in [4.78, 5) is 0. The van der Waals surface area contributed by atoms with Crippen LogP contribution in [0.5, 0.6) is 0 Å². The van der Waals surface area contributed by atoms with Gasteiger partial charge in [-0.1, -0.05) is 42.5 Å². The summed E-state index contributed by atoms with van der Waals surface area (Å²) < 4.78 is 0. The van der Waals surface area contributed by atoms with Gasteiger partial charge in [-0.05, 0) is 23.3 Å². The highest BCUT2D eigenvalue weighted by Crippen LogP contribution is 2.23. The quantitative estimate of drug-likeness (QED) is 0.808. The average Bonchev–Trinajstić information content (AvgIpc) is 2.38. The zero-order valence-corrected chi connectivity index (χ0v) is 9.98. The summed E-state index contributed by atoms with van der Waals surface area (Å²) in [6.07, 6.45) is 0.551. The Kier molecular flexibility index (Phi) is 3.74. The molecule has 0 heterocycles. The molecule has 2 rings (SSSR count). The van der Waals surface area contributed by atoms with Crippen LogP contribution in [0.2, 0.25) is 0 Å². The zero-order valence-electron chi connectivity index (χ0n) is 9.98. The van der Waals surface area contributed by atoms with Crippen molar-refractivity contribution in [3.05, 3.63) is 48.0 Å². The molecule has 1 unspecified atom stereocenters. The number of hydrogen-bond donors (Lipinski definition) is 1. The second-order valence-electron chi connectivity index (χ2n) is 4.15. The molecule has 0 aromatic heterocycles. The number of fused-ring (bicyclic) bond motifs is 1. The number of nitrogens with zero attached hydrogens (tertiary/aromatic N) is 1. The first kappa shape index (κ1) is 11.6.